The molecule has 14 heavy (non-hydrogen) atoms. The second-order valence-electron chi connectivity index (χ2n) is 3.37. The molecule has 3 nitrogen and oxygen atoms in total. The summed E-state index contributed by atoms with van der Waals surface area (Å²) in [6.45, 7) is 1.98. The summed E-state index contributed by atoms with van der Waals surface area (Å²) in [5, 5.41) is 0. The highest BCUT2D eigenvalue weighted by Crippen LogP contribution is 2.10. The Morgan fingerprint density at radius 2 is 2.36 bits per heavy atom. The summed E-state index contributed by atoms with van der Waals surface area (Å²) in [6.07, 6.45) is 4.19. The van der Waals surface area contributed by atoms with E-state index in [1.165, 1.54) is 0 Å². The fraction of sp³-hybridized carbons (Fsp3) is 0.455. The molecule has 0 aliphatic heterocycles. The van der Waals surface area contributed by atoms with Gasteiger partial charge in [-0.1, -0.05) is 13.0 Å². The van der Waals surface area contributed by atoms with E-state index >= 15 is 0 Å². The lowest BCUT2D eigenvalue weighted by atomic mass is 9.98. The molecule has 1 atom stereocenters. The number of aromatic nitrogens is 1. The van der Waals surface area contributed by atoms with Crippen LogP contribution in [0.1, 0.15) is 25.5 Å². The van der Waals surface area contributed by atoms with Crippen LogP contribution in [0.2, 0.25) is 0 Å². The van der Waals surface area contributed by atoms with Gasteiger partial charge in [-0.25, -0.2) is 0 Å². The second kappa shape index (κ2) is 5.37. The predicted molar refractivity (Wildman–Crippen MR) is 55.5 cm³/mol. The van der Waals surface area contributed by atoms with Crippen molar-refractivity contribution in [3.05, 3.63) is 30.1 Å². The molecule has 76 valence electrons. The molecule has 0 aromatic carbocycles. The zero-order valence-corrected chi connectivity index (χ0v) is 8.44. The SMILES string of the molecule is CCC(CCc1ccccn1)C(N)=O. The number of primary amides is 1. The number of carbonyl (C=O) groups is 1. The maximum absolute atomic E-state index is 11.0. The number of carbonyl (C=O) groups excluding carboxylic acids is 1. The molecular formula is C11H16N2O. The maximum atomic E-state index is 11.0. The molecule has 1 amide bonds. The van der Waals surface area contributed by atoms with Gasteiger partial charge in [-0.3, -0.25) is 9.78 Å². The van der Waals surface area contributed by atoms with E-state index in [1.54, 1.807) is 6.20 Å². The molecule has 1 rings (SSSR count). The minimum Gasteiger partial charge on any atom is -0.369 e. The summed E-state index contributed by atoms with van der Waals surface area (Å²) in [4.78, 5) is 15.1. The number of nitrogens with zero attached hydrogens (tertiary/aromatic N) is 1. The van der Waals surface area contributed by atoms with Gasteiger partial charge in [0.1, 0.15) is 0 Å². The molecule has 0 spiro atoms. The van der Waals surface area contributed by atoms with Crippen LogP contribution in [0.5, 0.6) is 0 Å². The zero-order valence-electron chi connectivity index (χ0n) is 8.44. The molecule has 1 aromatic rings. The smallest absolute Gasteiger partial charge is 0.220 e. The Morgan fingerprint density at radius 3 is 2.86 bits per heavy atom. The fourth-order valence-electron chi connectivity index (χ4n) is 1.42. The third-order valence-electron chi connectivity index (χ3n) is 2.37. The van der Waals surface area contributed by atoms with Crippen molar-refractivity contribution in [2.75, 3.05) is 0 Å². The standard InChI is InChI=1S/C11H16N2O/c1-2-9(11(12)14)6-7-10-5-3-4-8-13-10/h3-5,8-9H,2,6-7H2,1H3,(H2,12,14). The number of hydrogen-bond acceptors (Lipinski definition) is 2. The number of rotatable bonds is 5. The molecule has 0 saturated heterocycles. The lowest BCUT2D eigenvalue weighted by Crippen LogP contribution is -2.23. The first kappa shape index (κ1) is 10.7. The van der Waals surface area contributed by atoms with Gasteiger partial charge >= 0.3 is 0 Å². The van der Waals surface area contributed by atoms with E-state index in [-0.39, 0.29) is 11.8 Å². The van der Waals surface area contributed by atoms with Gasteiger partial charge in [-0.2, -0.15) is 0 Å². The molecule has 1 unspecified atom stereocenters. The van der Waals surface area contributed by atoms with E-state index in [4.69, 9.17) is 5.73 Å². The van der Waals surface area contributed by atoms with Gasteiger partial charge in [-0.15, -0.1) is 0 Å². The number of amides is 1. The summed E-state index contributed by atoms with van der Waals surface area (Å²) in [5.74, 6) is -0.222. The maximum Gasteiger partial charge on any atom is 0.220 e. The van der Waals surface area contributed by atoms with Gasteiger partial charge in [0.2, 0.25) is 5.91 Å². The van der Waals surface area contributed by atoms with Crippen molar-refractivity contribution in [2.24, 2.45) is 11.7 Å². The first-order valence-corrected chi connectivity index (χ1v) is 4.93. The third kappa shape index (κ3) is 3.17. The predicted octanol–water partition coefficient (Wildman–Crippen LogP) is 1.53. The van der Waals surface area contributed by atoms with Crippen LogP contribution in [0.3, 0.4) is 0 Å². The molecule has 1 aromatic heterocycles. The highest BCUT2D eigenvalue weighted by Gasteiger charge is 2.12. The van der Waals surface area contributed by atoms with Gasteiger partial charge in [-0.05, 0) is 31.4 Å². The van der Waals surface area contributed by atoms with E-state index in [0.29, 0.717) is 0 Å². The van der Waals surface area contributed by atoms with Crippen LogP contribution in [0.25, 0.3) is 0 Å². The van der Waals surface area contributed by atoms with Crippen LogP contribution in [0, 0.1) is 5.92 Å². The average molecular weight is 192 g/mol. The Kier molecular flexibility index (Phi) is 4.11. The van der Waals surface area contributed by atoms with E-state index in [9.17, 15) is 4.79 Å². The molecular weight excluding hydrogens is 176 g/mol. The molecule has 1 heterocycles. The molecule has 0 fully saturated rings. The molecule has 0 aliphatic rings. The first-order valence-electron chi connectivity index (χ1n) is 4.93. The van der Waals surface area contributed by atoms with Gasteiger partial charge in [0, 0.05) is 17.8 Å². The van der Waals surface area contributed by atoms with E-state index < -0.39 is 0 Å². The summed E-state index contributed by atoms with van der Waals surface area (Å²) in [5.41, 5.74) is 6.27. The summed E-state index contributed by atoms with van der Waals surface area (Å²) < 4.78 is 0. The van der Waals surface area contributed by atoms with E-state index in [1.807, 2.05) is 25.1 Å². The summed E-state index contributed by atoms with van der Waals surface area (Å²) in [7, 11) is 0. The zero-order chi connectivity index (χ0) is 10.4. The normalized spacial score (nSPS) is 12.4. The summed E-state index contributed by atoms with van der Waals surface area (Å²) in [6, 6.07) is 5.80. The van der Waals surface area contributed by atoms with Crippen molar-refractivity contribution in [3.63, 3.8) is 0 Å². The molecule has 2 N–H and O–H groups in total. The molecule has 0 saturated carbocycles. The van der Waals surface area contributed by atoms with Crippen molar-refractivity contribution >= 4 is 5.91 Å². The topological polar surface area (TPSA) is 56.0 Å². The van der Waals surface area contributed by atoms with Crippen molar-refractivity contribution in [1.29, 1.82) is 0 Å². The number of nitrogens with two attached hydrogens (primary N) is 1. The number of aryl methyl sites for hydroxylation is 1. The Balaban J connectivity index is 2.44. The molecule has 0 aliphatic carbocycles. The van der Waals surface area contributed by atoms with Gasteiger partial charge < -0.3 is 5.73 Å². The van der Waals surface area contributed by atoms with Gasteiger partial charge in [0.05, 0.1) is 0 Å². The Labute approximate surface area is 84.3 Å². The van der Waals surface area contributed by atoms with E-state index in [0.717, 1.165) is 25.0 Å². The Hall–Kier alpha value is -1.38. The van der Waals surface area contributed by atoms with Crippen molar-refractivity contribution < 1.29 is 4.79 Å². The molecule has 0 bridgehead atoms. The van der Waals surface area contributed by atoms with Crippen molar-refractivity contribution in [3.8, 4) is 0 Å². The molecule has 3 heteroatoms. The minimum absolute atomic E-state index is 0.0167. The second-order valence-corrected chi connectivity index (χ2v) is 3.37. The van der Waals surface area contributed by atoms with E-state index in [2.05, 4.69) is 4.98 Å². The van der Waals surface area contributed by atoms with Crippen molar-refractivity contribution in [1.82, 2.24) is 4.98 Å². The quantitative estimate of drug-likeness (QED) is 0.769. The largest absolute Gasteiger partial charge is 0.369 e. The highest BCUT2D eigenvalue weighted by atomic mass is 16.1. The number of pyridine rings is 1. The fourth-order valence-corrected chi connectivity index (χ4v) is 1.42. The van der Waals surface area contributed by atoms with Gasteiger partial charge in [0.25, 0.3) is 0 Å². The number of hydrogen-bond donors (Lipinski definition) is 1. The summed E-state index contributed by atoms with van der Waals surface area (Å²) >= 11 is 0. The van der Waals surface area contributed by atoms with Crippen LogP contribution in [0.15, 0.2) is 24.4 Å². The van der Waals surface area contributed by atoms with Crippen LogP contribution in [0.4, 0.5) is 0 Å². The lowest BCUT2D eigenvalue weighted by molar-refractivity contribution is -0.122. The van der Waals surface area contributed by atoms with Crippen LogP contribution < -0.4 is 5.73 Å². The monoisotopic (exact) mass is 192 g/mol. The lowest BCUT2D eigenvalue weighted by Gasteiger charge is -2.09. The Morgan fingerprint density at radius 1 is 1.57 bits per heavy atom. The van der Waals surface area contributed by atoms with Crippen LogP contribution in [-0.2, 0) is 11.2 Å². The van der Waals surface area contributed by atoms with Crippen LogP contribution in [-0.4, -0.2) is 10.9 Å². The van der Waals surface area contributed by atoms with Crippen LogP contribution >= 0.6 is 0 Å². The average Bonchev–Trinajstić information content (AvgIpc) is 2.20. The third-order valence-corrected chi connectivity index (χ3v) is 2.37. The molecule has 0 radical (unpaired) electrons. The highest BCUT2D eigenvalue weighted by molar-refractivity contribution is 5.76. The first-order chi connectivity index (χ1) is 6.74. The minimum atomic E-state index is -0.205. The van der Waals surface area contributed by atoms with Crippen molar-refractivity contribution in [2.45, 2.75) is 26.2 Å². The Bertz CT molecular complexity index is 285. The van der Waals surface area contributed by atoms with Gasteiger partial charge in [0.15, 0.2) is 0 Å².